The highest BCUT2D eigenvalue weighted by molar-refractivity contribution is 7.80. The Bertz CT molecular complexity index is 228. The zero-order chi connectivity index (χ0) is 8.10. The molecule has 0 unspecified atom stereocenters. The van der Waals surface area contributed by atoms with Crippen molar-refractivity contribution in [1.29, 1.82) is 0 Å². The molecule has 0 aliphatic carbocycles. The van der Waals surface area contributed by atoms with Crippen LogP contribution in [-0.4, -0.2) is 0 Å². The van der Waals surface area contributed by atoms with Crippen molar-refractivity contribution in [1.82, 2.24) is 0 Å². The van der Waals surface area contributed by atoms with Gasteiger partial charge in [-0.25, -0.2) is 0 Å². The highest BCUT2D eigenvalue weighted by Gasteiger charge is 1.89. The second kappa shape index (κ2) is 4.09. The third-order valence-corrected chi connectivity index (χ3v) is 1.60. The van der Waals surface area contributed by atoms with Crippen molar-refractivity contribution in [2.24, 2.45) is 0 Å². The fraction of sp³-hybridized carbons (Fsp3) is 0.111. The van der Waals surface area contributed by atoms with E-state index in [0.717, 1.165) is 10.5 Å². The number of ether oxygens (including phenoxy) is 1. The van der Waals surface area contributed by atoms with Crippen LogP contribution in [0.2, 0.25) is 0 Å². The summed E-state index contributed by atoms with van der Waals surface area (Å²) in [4.78, 5) is 0.965. The number of hydrogen-bond acceptors (Lipinski definition) is 2. The third kappa shape index (κ3) is 2.68. The zero-order valence-electron chi connectivity index (χ0n) is 6.16. The first-order valence-electron chi connectivity index (χ1n) is 3.33. The summed E-state index contributed by atoms with van der Waals surface area (Å²) < 4.78 is 5.00. The van der Waals surface area contributed by atoms with Gasteiger partial charge in [-0.15, -0.1) is 12.6 Å². The fourth-order valence-corrected chi connectivity index (χ4v) is 0.896. The normalized spacial score (nSPS) is 9.18. The molecule has 1 nitrogen and oxygen atoms in total. The summed E-state index contributed by atoms with van der Waals surface area (Å²) >= 11 is 4.16. The molecule has 0 aliphatic heterocycles. The first-order chi connectivity index (χ1) is 5.33. The topological polar surface area (TPSA) is 9.23 Å². The summed E-state index contributed by atoms with van der Waals surface area (Å²) in [7, 11) is 0. The Morgan fingerprint density at radius 2 is 2.00 bits per heavy atom. The molecule has 0 N–H and O–H groups in total. The van der Waals surface area contributed by atoms with Gasteiger partial charge in [0.05, 0.1) is 6.26 Å². The summed E-state index contributed by atoms with van der Waals surface area (Å²) in [6.07, 6.45) is 1.44. The maximum absolute atomic E-state index is 5.00. The maximum Gasteiger partial charge on any atom is 0.112 e. The molecule has 0 amide bonds. The highest BCUT2D eigenvalue weighted by atomic mass is 32.1. The quantitative estimate of drug-likeness (QED) is 0.536. The molecule has 0 bridgehead atoms. The molecule has 1 aromatic rings. The van der Waals surface area contributed by atoms with E-state index >= 15 is 0 Å². The molecule has 0 radical (unpaired) electrons. The Morgan fingerprint density at radius 3 is 2.55 bits per heavy atom. The van der Waals surface area contributed by atoms with E-state index in [9.17, 15) is 0 Å². The lowest BCUT2D eigenvalue weighted by Gasteiger charge is -1.99. The van der Waals surface area contributed by atoms with Gasteiger partial charge in [-0.1, -0.05) is 18.7 Å². The van der Waals surface area contributed by atoms with Gasteiger partial charge in [0.2, 0.25) is 0 Å². The summed E-state index contributed by atoms with van der Waals surface area (Å²) in [6, 6.07) is 7.83. The molecule has 0 atom stereocenters. The SMILES string of the molecule is C=COCc1ccc(S)cc1. The molecular weight excluding hydrogens is 156 g/mol. The van der Waals surface area contributed by atoms with E-state index in [0.29, 0.717) is 6.61 Å². The van der Waals surface area contributed by atoms with Crippen molar-refractivity contribution in [2.75, 3.05) is 0 Å². The lowest BCUT2D eigenvalue weighted by molar-refractivity contribution is 0.237. The summed E-state index contributed by atoms with van der Waals surface area (Å²) in [5.41, 5.74) is 1.13. The maximum atomic E-state index is 5.00. The van der Waals surface area contributed by atoms with Crippen molar-refractivity contribution in [3.8, 4) is 0 Å². The van der Waals surface area contributed by atoms with Crippen LogP contribution in [0.25, 0.3) is 0 Å². The molecule has 2 heteroatoms. The summed E-state index contributed by atoms with van der Waals surface area (Å²) in [6.45, 7) is 4.04. The third-order valence-electron chi connectivity index (χ3n) is 1.30. The van der Waals surface area contributed by atoms with Crippen LogP contribution in [0, 0.1) is 0 Å². The van der Waals surface area contributed by atoms with Gasteiger partial charge in [-0.3, -0.25) is 0 Å². The molecule has 0 heterocycles. The molecule has 58 valence electrons. The van der Waals surface area contributed by atoms with Crippen LogP contribution in [0.3, 0.4) is 0 Å². The number of thiol groups is 1. The second-order valence-corrected chi connectivity index (χ2v) is 2.66. The monoisotopic (exact) mass is 166 g/mol. The van der Waals surface area contributed by atoms with Crippen LogP contribution in [0.15, 0.2) is 42.0 Å². The molecule has 0 aromatic heterocycles. The number of benzene rings is 1. The molecule has 11 heavy (non-hydrogen) atoms. The minimum atomic E-state index is 0.581. The Labute approximate surface area is 72.1 Å². The molecule has 0 saturated heterocycles. The van der Waals surface area contributed by atoms with Gasteiger partial charge in [-0.05, 0) is 17.7 Å². The molecular formula is C9H10OS. The minimum Gasteiger partial charge on any atom is -0.497 e. The van der Waals surface area contributed by atoms with Crippen LogP contribution in [-0.2, 0) is 11.3 Å². The Balaban J connectivity index is 2.58. The minimum absolute atomic E-state index is 0.581. The first kappa shape index (κ1) is 8.21. The zero-order valence-corrected chi connectivity index (χ0v) is 7.05. The van der Waals surface area contributed by atoms with Gasteiger partial charge in [0.15, 0.2) is 0 Å². The van der Waals surface area contributed by atoms with Crippen molar-refractivity contribution < 1.29 is 4.74 Å². The largest absolute Gasteiger partial charge is 0.497 e. The first-order valence-corrected chi connectivity index (χ1v) is 3.78. The average molecular weight is 166 g/mol. The van der Waals surface area contributed by atoms with Gasteiger partial charge < -0.3 is 4.74 Å². The van der Waals surface area contributed by atoms with E-state index in [2.05, 4.69) is 19.2 Å². The summed E-state index contributed by atoms with van der Waals surface area (Å²) in [5.74, 6) is 0. The van der Waals surface area contributed by atoms with E-state index < -0.39 is 0 Å². The molecule has 1 rings (SSSR count). The van der Waals surface area contributed by atoms with Gasteiger partial charge in [0, 0.05) is 4.90 Å². The average Bonchev–Trinajstić information content (AvgIpc) is 2.04. The molecule has 0 saturated carbocycles. The summed E-state index contributed by atoms with van der Waals surface area (Å²) in [5, 5.41) is 0. The van der Waals surface area contributed by atoms with E-state index in [1.54, 1.807) is 0 Å². The van der Waals surface area contributed by atoms with Gasteiger partial charge in [-0.2, -0.15) is 0 Å². The van der Waals surface area contributed by atoms with Crippen molar-refractivity contribution >= 4 is 12.6 Å². The second-order valence-electron chi connectivity index (χ2n) is 2.14. The number of rotatable bonds is 3. The van der Waals surface area contributed by atoms with Crippen LogP contribution in [0.4, 0.5) is 0 Å². The lowest BCUT2D eigenvalue weighted by Crippen LogP contribution is -1.84. The molecule has 0 spiro atoms. The van der Waals surface area contributed by atoms with Crippen molar-refractivity contribution in [3.63, 3.8) is 0 Å². The Kier molecular flexibility index (Phi) is 3.05. The molecule has 0 fully saturated rings. The van der Waals surface area contributed by atoms with Crippen molar-refractivity contribution in [3.05, 3.63) is 42.7 Å². The lowest BCUT2D eigenvalue weighted by atomic mass is 10.2. The molecule has 1 aromatic carbocycles. The smallest absolute Gasteiger partial charge is 0.112 e. The predicted octanol–water partition coefficient (Wildman–Crippen LogP) is 2.64. The Morgan fingerprint density at radius 1 is 1.36 bits per heavy atom. The van der Waals surface area contributed by atoms with Crippen LogP contribution < -0.4 is 0 Å². The van der Waals surface area contributed by atoms with Crippen LogP contribution >= 0.6 is 12.6 Å². The van der Waals surface area contributed by atoms with E-state index in [4.69, 9.17) is 4.74 Å². The fourth-order valence-electron chi connectivity index (χ4n) is 0.747. The Hall–Kier alpha value is -0.890. The van der Waals surface area contributed by atoms with E-state index in [1.807, 2.05) is 24.3 Å². The number of hydrogen-bond donors (Lipinski definition) is 1. The van der Waals surface area contributed by atoms with E-state index in [1.165, 1.54) is 6.26 Å². The predicted molar refractivity (Wildman–Crippen MR) is 48.7 cm³/mol. The van der Waals surface area contributed by atoms with Crippen LogP contribution in [0.1, 0.15) is 5.56 Å². The standard InChI is InChI=1S/C9H10OS/c1-2-10-7-8-3-5-9(11)6-4-8/h2-6,11H,1,7H2. The molecule has 0 aliphatic rings. The van der Waals surface area contributed by atoms with Gasteiger partial charge in [0.25, 0.3) is 0 Å². The van der Waals surface area contributed by atoms with E-state index in [-0.39, 0.29) is 0 Å². The van der Waals surface area contributed by atoms with Crippen LogP contribution in [0.5, 0.6) is 0 Å². The van der Waals surface area contributed by atoms with Gasteiger partial charge >= 0.3 is 0 Å². The van der Waals surface area contributed by atoms with Gasteiger partial charge in [0.1, 0.15) is 6.61 Å². The highest BCUT2D eigenvalue weighted by Crippen LogP contribution is 2.08. The van der Waals surface area contributed by atoms with Crippen molar-refractivity contribution in [2.45, 2.75) is 11.5 Å².